The quantitative estimate of drug-likeness (QED) is 0.438. The average Bonchev–Trinajstić information content (AvgIpc) is 2.51. The van der Waals surface area contributed by atoms with Crippen LogP contribution in [0.5, 0.6) is 0 Å². The Hall–Kier alpha value is -2.07. The van der Waals surface area contributed by atoms with Gasteiger partial charge in [-0.2, -0.15) is 0 Å². The summed E-state index contributed by atoms with van der Waals surface area (Å²) < 4.78 is 4.76. The van der Waals surface area contributed by atoms with Crippen molar-refractivity contribution in [3.05, 3.63) is 53.6 Å². The number of carbonyl (C=O) groups excluding carboxylic acids is 2. The molecule has 0 aliphatic rings. The fraction of sp³-hybridized carbons (Fsp3) is 0.294. The summed E-state index contributed by atoms with van der Waals surface area (Å²) in [7, 11) is 0. The third kappa shape index (κ3) is 5.04. The predicted molar refractivity (Wildman–Crippen MR) is 89.2 cm³/mol. The SMILES string of the molecule is C=CCN(C(=O)/C=C/C(=O)OCC)c1ccc(Cl)cc1CC. The number of rotatable bonds is 7. The summed E-state index contributed by atoms with van der Waals surface area (Å²) >= 11 is 6.00. The molecule has 0 fully saturated rings. The maximum Gasteiger partial charge on any atom is 0.330 e. The zero-order valence-corrected chi connectivity index (χ0v) is 13.6. The van der Waals surface area contributed by atoms with Gasteiger partial charge in [-0.05, 0) is 37.1 Å². The topological polar surface area (TPSA) is 46.6 Å². The summed E-state index contributed by atoms with van der Waals surface area (Å²) in [6.07, 6.45) is 4.70. The second-order valence-corrected chi connectivity index (χ2v) is 4.89. The first-order chi connectivity index (χ1) is 10.5. The van der Waals surface area contributed by atoms with Gasteiger partial charge in [-0.3, -0.25) is 4.79 Å². The number of carbonyl (C=O) groups is 2. The Bertz CT molecular complexity index is 581. The summed E-state index contributed by atoms with van der Waals surface area (Å²) in [6.45, 7) is 7.97. The number of hydrogen-bond acceptors (Lipinski definition) is 3. The van der Waals surface area contributed by atoms with E-state index in [-0.39, 0.29) is 12.5 Å². The van der Waals surface area contributed by atoms with Crippen molar-refractivity contribution in [3.63, 3.8) is 0 Å². The number of halogens is 1. The Morgan fingerprint density at radius 3 is 2.64 bits per heavy atom. The number of nitrogens with zero attached hydrogens (tertiary/aromatic N) is 1. The lowest BCUT2D eigenvalue weighted by Crippen LogP contribution is -2.30. The Labute approximate surface area is 136 Å². The average molecular weight is 322 g/mol. The summed E-state index contributed by atoms with van der Waals surface area (Å²) in [5, 5.41) is 0.619. The van der Waals surface area contributed by atoms with Crippen LogP contribution < -0.4 is 4.90 Å². The number of amides is 1. The predicted octanol–water partition coefficient (Wildman–Crippen LogP) is 3.54. The third-order valence-corrected chi connectivity index (χ3v) is 3.17. The van der Waals surface area contributed by atoms with E-state index in [2.05, 4.69) is 6.58 Å². The molecule has 0 atom stereocenters. The highest BCUT2D eigenvalue weighted by Crippen LogP contribution is 2.25. The van der Waals surface area contributed by atoms with Crippen LogP contribution in [0.4, 0.5) is 5.69 Å². The molecular weight excluding hydrogens is 302 g/mol. The lowest BCUT2D eigenvalue weighted by molar-refractivity contribution is -0.137. The minimum absolute atomic E-state index is 0.269. The van der Waals surface area contributed by atoms with Crippen molar-refractivity contribution in [3.8, 4) is 0 Å². The van der Waals surface area contributed by atoms with Crippen LogP contribution in [0.25, 0.3) is 0 Å². The van der Waals surface area contributed by atoms with Crippen LogP contribution in [0.2, 0.25) is 5.02 Å². The zero-order chi connectivity index (χ0) is 16.5. The van der Waals surface area contributed by atoms with Crippen LogP contribution in [-0.2, 0) is 20.7 Å². The van der Waals surface area contributed by atoms with Crippen molar-refractivity contribution in [1.82, 2.24) is 0 Å². The van der Waals surface area contributed by atoms with Gasteiger partial charge in [0.15, 0.2) is 0 Å². The Balaban J connectivity index is 3.05. The van der Waals surface area contributed by atoms with Gasteiger partial charge in [0.05, 0.1) is 6.61 Å². The molecule has 118 valence electrons. The standard InChI is InChI=1S/C17H20ClNO3/c1-4-11-19(16(20)9-10-17(21)22-6-3)15-8-7-14(18)12-13(15)5-2/h4,7-10,12H,1,5-6,11H2,2-3H3/b10-9+. The summed E-state index contributed by atoms with van der Waals surface area (Å²) in [5.74, 6) is -0.855. The van der Waals surface area contributed by atoms with E-state index in [1.165, 1.54) is 11.0 Å². The highest BCUT2D eigenvalue weighted by Gasteiger charge is 2.15. The molecule has 0 saturated heterocycles. The van der Waals surface area contributed by atoms with Crippen LogP contribution in [0.1, 0.15) is 19.4 Å². The van der Waals surface area contributed by atoms with Gasteiger partial charge in [0.25, 0.3) is 5.91 Å². The maximum absolute atomic E-state index is 12.3. The molecule has 0 aliphatic heterocycles. The van der Waals surface area contributed by atoms with Gasteiger partial charge in [-0.25, -0.2) is 4.79 Å². The second kappa shape index (κ2) is 9.05. The molecule has 0 heterocycles. The van der Waals surface area contributed by atoms with E-state index in [1.54, 1.807) is 25.1 Å². The molecule has 0 aliphatic carbocycles. The molecule has 0 N–H and O–H groups in total. The molecule has 4 nitrogen and oxygen atoms in total. The van der Waals surface area contributed by atoms with Crippen LogP contribution in [0.15, 0.2) is 43.0 Å². The van der Waals surface area contributed by atoms with E-state index < -0.39 is 5.97 Å². The van der Waals surface area contributed by atoms with E-state index in [9.17, 15) is 9.59 Å². The molecule has 1 amide bonds. The first-order valence-electron chi connectivity index (χ1n) is 7.09. The van der Waals surface area contributed by atoms with Gasteiger partial charge in [0.1, 0.15) is 0 Å². The summed E-state index contributed by atoms with van der Waals surface area (Å²) in [4.78, 5) is 25.2. The van der Waals surface area contributed by atoms with Gasteiger partial charge in [0, 0.05) is 29.4 Å². The molecule has 0 unspecified atom stereocenters. The Morgan fingerprint density at radius 2 is 2.05 bits per heavy atom. The molecule has 1 aromatic rings. The molecule has 0 bridgehead atoms. The Kier molecular flexibility index (Phi) is 7.40. The van der Waals surface area contributed by atoms with Crippen molar-refractivity contribution >= 4 is 29.2 Å². The van der Waals surface area contributed by atoms with Crippen molar-refractivity contribution in [2.75, 3.05) is 18.1 Å². The van der Waals surface area contributed by atoms with Gasteiger partial charge >= 0.3 is 5.97 Å². The molecular formula is C17H20ClNO3. The normalized spacial score (nSPS) is 10.5. The van der Waals surface area contributed by atoms with Crippen molar-refractivity contribution in [2.24, 2.45) is 0 Å². The van der Waals surface area contributed by atoms with E-state index >= 15 is 0 Å². The monoisotopic (exact) mass is 321 g/mol. The largest absolute Gasteiger partial charge is 0.463 e. The lowest BCUT2D eigenvalue weighted by Gasteiger charge is -2.22. The van der Waals surface area contributed by atoms with Crippen LogP contribution in [0, 0.1) is 0 Å². The molecule has 1 aromatic carbocycles. The molecule has 0 radical (unpaired) electrons. The van der Waals surface area contributed by atoms with Gasteiger partial charge in [0.2, 0.25) is 0 Å². The number of ether oxygens (including phenoxy) is 1. The summed E-state index contributed by atoms with van der Waals surface area (Å²) in [5.41, 5.74) is 1.71. The first kappa shape index (κ1) is 18.0. The van der Waals surface area contributed by atoms with Gasteiger partial charge in [-0.15, -0.1) is 6.58 Å². The number of anilines is 1. The van der Waals surface area contributed by atoms with Crippen molar-refractivity contribution in [1.29, 1.82) is 0 Å². The molecule has 1 rings (SSSR count). The Morgan fingerprint density at radius 1 is 1.32 bits per heavy atom. The summed E-state index contributed by atoms with van der Waals surface area (Å²) in [6, 6.07) is 5.35. The molecule has 0 spiro atoms. The fourth-order valence-corrected chi connectivity index (χ4v) is 2.15. The van der Waals surface area contributed by atoms with Crippen LogP contribution in [-0.4, -0.2) is 25.0 Å². The smallest absolute Gasteiger partial charge is 0.330 e. The van der Waals surface area contributed by atoms with Gasteiger partial charge in [-0.1, -0.05) is 24.6 Å². The molecule has 0 saturated carbocycles. The molecule has 0 aromatic heterocycles. The minimum atomic E-state index is -0.541. The van der Waals surface area contributed by atoms with E-state index in [4.69, 9.17) is 16.3 Å². The number of hydrogen-bond donors (Lipinski definition) is 0. The maximum atomic E-state index is 12.3. The molecule has 5 heteroatoms. The van der Waals surface area contributed by atoms with E-state index in [0.29, 0.717) is 11.6 Å². The number of benzene rings is 1. The molecule has 22 heavy (non-hydrogen) atoms. The highest BCUT2D eigenvalue weighted by molar-refractivity contribution is 6.30. The minimum Gasteiger partial charge on any atom is -0.463 e. The second-order valence-electron chi connectivity index (χ2n) is 4.45. The zero-order valence-electron chi connectivity index (χ0n) is 12.8. The van der Waals surface area contributed by atoms with E-state index in [0.717, 1.165) is 23.7 Å². The van der Waals surface area contributed by atoms with Crippen molar-refractivity contribution in [2.45, 2.75) is 20.3 Å². The first-order valence-corrected chi connectivity index (χ1v) is 7.46. The van der Waals surface area contributed by atoms with Gasteiger partial charge < -0.3 is 9.64 Å². The lowest BCUT2D eigenvalue weighted by atomic mass is 10.1. The van der Waals surface area contributed by atoms with Crippen molar-refractivity contribution < 1.29 is 14.3 Å². The van der Waals surface area contributed by atoms with Crippen LogP contribution in [0.3, 0.4) is 0 Å². The number of aryl methyl sites for hydroxylation is 1. The third-order valence-electron chi connectivity index (χ3n) is 2.94. The highest BCUT2D eigenvalue weighted by atomic mass is 35.5. The van der Waals surface area contributed by atoms with Crippen LogP contribution >= 0.6 is 11.6 Å². The fourth-order valence-electron chi connectivity index (χ4n) is 1.96. The number of esters is 1. The van der Waals surface area contributed by atoms with E-state index in [1.807, 2.05) is 13.0 Å².